The van der Waals surface area contributed by atoms with E-state index in [9.17, 15) is 0 Å². The fraction of sp³-hybridized carbons (Fsp3) is 0.312. The van der Waals surface area contributed by atoms with Gasteiger partial charge in [0.05, 0.1) is 19.9 Å². The minimum absolute atomic E-state index is 0.294. The number of aromatic nitrogens is 4. The van der Waals surface area contributed by atoms with Crippen LogP contribution >= 0.6 is 0 Å². The van der Waals surface area contributed by atoms with Crippen molar-refractivity contribution in [3.63, 3.8) is 0 Å². The normalized spacial score (nSPS) is 11.1. The summed E-state index contributed by atoms with van der Waals surface area (Å²) in [5.41, 5.74) is 5.25. The number of imidazole rings is 1. The summed E-state index contributed by atoms with van der Waals surface area (Å²) >= 11 is 0. The topological polar surface area (TPSA) is 64.9 Å². The van der Waals surface area contributed by atoms with Crippen molar-refractivity contribution in [1.82, 2.24) is 19.6 Å². The van der Waals surface area contributed by atoms with Crippen molar-refractivity contribution >= 4 is 0 Å². The van der Waals surface area contributed by atoms with Gasteiger partial charge in [0.2, 0.25) is 0 Å². The standard InChI is InChI=1S/C16H19N5O/c1-11(2)15-19-14-9-17-10-21(16(14)20-15)18-8-12-4-6-13(22-3)7-5-12/h4-7,9-11,18H,8H2,1-3H3. The number of benzene rings is 1. The molecule has 0 amide bonds. The first-order valence-corrected chi connectivity index (χ1v) is 7.24. The van der Waals surface area contributed by atoms with E-state index in [0.717, 1.165) is 28.7 Å². The summed E-state index contributed by atoms with van der Waals surface area (Å²) in [5.74, 6) is 2.78. The fourth-order valence-electron chi connectivity index (χ4n) is 2.15. The van der Waals surface area contributed by atoms with Gasteiger partial charge >= 0.3 is 0 Å². The van der Waals surface area contributed by atoms with Crippen LogP contribution in [0.3, 0.4) is 0 Å². The molecule has 1 aromatic rings. The molecule has 2 aliphatic heterocycles. The number of hydrogen-bond acceptors (Lipinski definition) is 5. The molecular weight excluding hydrogens is 278 g/mol. The number of rotatable bonds is 5. The molecule has 1 aromatic carbocycles. The number of hydrogen-bond donors (Lipinski definition) is 1. The van der Waals surface area contributed by atoms with Gasteiger partial charge < -0.3 is 10.2 Å². The largest absolute Gasteiger partial charge is 0.497 e. The Kier molecular flexibility index (Phi) is 3.91. The highest BCUT2D eigenvalue weighted by Gasteiger charge is 2.16. The molecule has 114 valence electrons. The lowest BCUT2D eigenvalue weighted by molar-refractivity contribution is 0.414. The molecule has 2 aliphatic rings. The molecule has 6 heteroatoms. The van der Waals surface area contributed by atoms with Crippen LogP contribution in [0, 0.1) is 0 Å². The molecule has 0 radical (unpaired) electrons. The Morgan fingerprint density at radius 3 is 2.64 bits per heavy atom. The lowest BCUT2D eigenvalue weighted by Gasteiger charge is -2.12. The maximum atomic E-state index is 5.16. The summed E-state index contributed by atoms with van der Waals surface area (Å²) < 4.78 is 6.98. The van der Waals surface area contributed by atoms with Crippen LogP contribution in [-0.4, -0.2) is 26.7 Å². The van der Waals surface area contributed by atoms with Gasteiger partial charge in [-0.3, -0.25) is 0 Å². The summed E-state index contributed by atoms with van der Waals surface area (Å²) in [4.78, 5) is 13.3. The number of methoxy groups -OCH3 is 1. The highest BCUT2D eigenvalue weighted by Crippen LogP contribution is 2.20. The van der Waals surface area contributed by atoms with Crippen LogP contribution in [0.1, 0.15) is 31.2 Å². The number of nitrogens with zero attached hydrogens (tertiary/aromatic N) is 4. The van der Waals surface area contributed by atoms with Gasteiger partial charge in [0.15, 0.2) is 5.82 Å². The second-order valence-electron chi connectivity index (χ2n) is 5.39. The summed E-state index contributed by atoms with van der Waals surface area (Å²) in [5, 5.41) is 0. The van der Waals surface area contributed by atoms with Crippen molar-refractivity contribution < 1.29 is 4.74 Å². The van der Waals surface area contributed by atoms with Crippen LogP contribution in [0.2, 0.25) is 0 Å². The number of nitrogens with one attached hydrogen (secondary N) is 1. The molecule has 22 heavy (non-hydrogen) atoms. The van der Waals surface area contributed by atoms with Crippen molar-refractivity contribution in [3.8, 4) is 17.3 Å². The fourth-order valence-corrected chi connectivity index (χ4v) is 2.15. The van der Waals surface area contributed by atoms with E-state index in [4.69, 9.17) is 4.74 Å². The molecule has 0 aromatic heterocycles. The Bertz CT molecular complexity index is 720. The summed E-state index contributed by atoms with van der Waals surface area (Å²) in [6, 6.07) is 7.94. The molecule has 0 atom stereocenters. The third kappa shape index (κ3) is 2.86. The van der Waals surface area contributed by atoms with E-state index in [-0.39, 0.29) is 0 Å². The zero-order chi connectivity index (χ0) is 15.5. The number of fused-ring (bicyclic) bond motifs is 1. The Morgan fingerprint density at radius 2 is 1.95 bits per heavy atom. The SMILES string of the molecule is COc1ccc(CNn2cncc3nc(C(C)C)nc2-3)cc1. The molecule has 0 saturated heterocycles. The van der Waals surface area contributed by atoms with E-state index in [1.165, 1.54) is 0 Å². The minimum atomic E-state index is 0.294. The van der Waals surface area contributed by atoms with Crippen LogP contribution in [0.5, 0.6) is 5.75 Å². The second kappa shape index (κ2) is 6.01. The van der Waals surface area contributed by atoms with E-state index in [1.54, 1.807) is 19.6 Å². The maximum absolute atomic E-state index is 5.16. The Balaban J connectivity index is 1.78. The molecule has 0 saturated carbocycles. The Morgan fingerprint density at radius 1 is 1.18 bits per heavy atom. The highest BCUT2D eigenvalue weighted by molar-refractivity contribution is 5.50. The van der Waals surface area contributed by atoms with Gasteiger partial charge in [0.1, 0.15) is 23.6 Å². The van der Waals surface area contributed by atoms with Gasteiger partial charge in [-0.05, 0) is 17.7 Å². The lowest BCUT2D eigenvalue weighted by Crippen LogP contribution is -2.17. The molecule has 0 unspecified atom stereocenters. The van der Waals surface area contributed by atoms with E-state index in [1.807, 2.05) is 28.9 Å². The van der Waals surface area contributed by atoms with Gasteiger partial charge in [-0.2, -0.15) is 0 Å². The second-order valence-corrected chi connectivity index (χ2v) is 5.39. The number of ether oxygens (including phenoxy) is 1. The quantitative estimate of drug-likeness (QED) is 0.784. The van der Waals surface area contributed by atoms with E-state index in [0.29, 0.717) is 12.5 Å². The first kappa shape index (κ1) is 14.3. The predicted molar refractivity (Wildman–Crippen MR) is 84.6 cm³/mol. The average Bonchev–Trinajstić information content (AvgIpc) is 2.98. The summed E-state index contributed by atoms with van der Waals surface area (Å²) in [6.45, 7) is 4.83. The van der Waals surface area contributed by atoms with E-state index < -0.39 is 0 Å². The monoisotopic (exact) mass is 297 g/mol. The van der Waals surface area contributed by atoms with Crippen molar-refractivity contribution in [2.24, 2.45) is 0 Å². The van der Waals surface area contributed by atoms with Crippen LogP contribution in [-0.2, 0) is 6.54 Å². The third-order valence-electron chi connectivity index (χ3n) is 3.42. The average molecular weight is 297 g/mol. The first-order chi connectivity index (χ1) is 10.7. The van der Waals surface area contributed by atoms with E-state index in [2.05, 4.69) is 34.2 Å². The predicted octanol–water partition coefficient (Wildman–Crippen LogP) is 2.65. The first-order valence-electron chi connectivity index (χ1n) is 7.24. The van der Waals surface area contributed by atoms with Crippen LogP contribution in [0.15, 0.2) is 36.8 Å². The van der Waals surface area contributed by atoms with Gasteiger partial charge in [-0.15, -0.1) is 0 Å². The molecule has 0 spiro atoms. The van der Waals surface area contributed by atoms with Crippen LogP contribution < -0.4 is 10.2 Å². The lowest BCUT2D eigenvalue weighted by atomic mass is 10.2. The summed E-state index contributed by atoms with van der Waals surface area (Å²) in [7, 11) is 1.66. The van der Waals surface area contributed by atoms with Gasteiger partial charge in [0.25, 0.3) is 0 Å². The smallest absolute Gasteiger partial charge is 0.182 e. The molecule has 0 fully saturated rings. The zero-order valence-corrected chi connectivity index (χ0v) is 12.9. The minimum Gasteiger partial charge on any atom is -0.497 e. The van der Waals surface area contributed by atoms with Crippen molar-refractivity contribution in [2.75, 3.05) is 12.5 Å². The molecule has 6 nitrogen and oxygen atoms in total. The van der Waals surface area contributed by atoms with Gasteiger partial charge in [-0.1, -0.05) is 26.0 Å². The summed E-state index contributed by atoms with van der Waals surface area (Å²) in [6.07, 6.45) is 3.45. The molecule has 0 aliphatic carbocycles. The van der Waals surface area contributed by atoms with Crippen LogP contribution in [0.25, 0.3) is 11.5 Å². The third-order valence-corrected chi connectivity index (χ3v) is 3.42. The Labute approximate surface area is 129 Å². The molecular formula is C16H19N5O. The van der Waals surface area contributed by atoms with Gasteiger partial charge in [-0.25, -0.2) is 19.6 Å². The highest BCUT2D eigenvalue weighted by atomic mass is 16.5. The Hall–Kier alpha value is -2.63. The zero-order valence-electron chi connectivity index (χ0n) is 12.9. The van der Waals surface area contributed by atoms with E-state index >= 15 is 0 Å². The molecule has 2 heterocycles. The van der Waals surface area contributed by atoms with Crippen molar-refractivity contribution in [3.05, 3.63) is 48.2 Å². The maximum Gasteiger partial charge on any atom is 0.182 e. The van der Waals surface area contributed by atoms with Crippen molar-refractivity contribution in [1.29, 1.82) is 0 Å². The molecule has 0 bridgehead atoms. The van der Waals surface area contributed by atoms with Crippen LogP contribution in [0.4, 0.5) is 0 Å². The molecule has 3 rings (SSSR count). The molecule has 1 N–H and O–H groups in total. The van der Waals surface area contributed by atoms with Gasteiger partial charge in [0, 0.05) is 5.92 Å². The van der Waals surface area contributed by atoms with Crippen molar-refractivity contribution in [2.45, 2.75) is 26.3 Å².